The lowest BCUT2D eigenvalue weighted by atomic mass is 10.3. The average molecular weight is 255 g/mol. The zero-order valence-corrected chi connectivity index (χ0v) is 9.72. The van der Waals surface area contributed by atoms with Crippen molar-refractivity contribution in [3.63, 3.8) is 0 Å². The van der Waals surface area contributed by atoms with Crippen LogP contribution in [0.5, 0.6) is 0 Å². The van der Waals surface area contributed by atoms with Crippen molar-refractivity contribution in [3.05, 3.63) is 29.0 Å². The normalized spacial score (nSPS) is 14.4. The number of aromatic nitrogens is 1. The first-order valence-corrected chi connectivity index (χ1v) is 5.60. The standard InChI is InChI=1S/C11H11ClN2O3/c12-7-3-4-13-9(5-7)11(17)14(6-10(15)16)8-1-2-8/h3-5,8H,1-2,6H2,(H,15,16). The monoisotopic (exact) mass is 254 g/mol. The molecule has 6 heteroatoms. The summed E-state index contributed by atoms with van der Waals surface area (Å²) in [7, 11) is 0. The van der Waals surface area contributed by atoms with Crippen LogP contribution < -0.4 is 0 Å². The summed E-state index contributed by atoms with van der Waals surface area (Å²) in [5.41, 5.74) is 0.186. The fourth-order valence-corrected chi connectivity index (χ4v) is 1.73. The summed E-state index contributed by atoms with van der Waals surface area (Å²) in [5.74, 6) is -1.40. The number of pyridine rings is 1. The van der Waals surface area contributed by atoms with Gasteiger partial charge in [0.25, 0.3) is 5.91 Å². The van der Waals surface area contributed by atoms with E-state index in [2.05, 4.69) is 4.98 Å². The van der Waals surface area contributed by atoms with Crippen LogP contribution in [0.1, 0.15) is 23.3 Å². The molecule has 1 amide bonds. The minimum Gasteiger partial charge on any atom is -0.480 e. The van der Waals surface area contributed by atoms with Crippen LogP contribution in [0.25, 0.3) is 0 Å². The molecule has 0 aromatic carbocycles. The number of hydrogen-bond acceptors (Lipinski definition) is 3. The highest BCUT2D eigenvalue weighted by atomic mass is 35.5. The third kappa shape index (κ3) is 2.94. The maximum atomic E-state index is 12.1. The number of halogens is 1. The predicted molar refractivity (Wildman–Crippen MR) is 60.9 cm³/mol. The van der Waals surface area contributed by atoms with E-state index in [4.69, 9.17) is 16.7 Å². The van der Waals surface area contributed by atoms with Gasteiger partial charge in [0, 0.05) is 17.3 Å². The summed E-state index contributed by atoms with van der Waals surface area (Å²) in [6.45, 7) is -0.294. The summed E-state index contributed by atoms with van der Waals surface area (Å²) in [6.07, 6.45) is 3.13. The summed E-state index contributed by atoms with van der Waals surface area (Å²) >= 11 is 5.77. The van der Waals surface area contributed by atoms with Gasteiger partial charge in [-0.05, 0) is 25.0 Å². The number of aliphatic carboxylic acids is 1. The van der Waals surface area contributed by atoms with Crippen molar-refractivity contribution in [1.82, 2.24) is 9.88 Å². The van der Waals surface area contributed by atoms with E-state index in [0.717, 1.165) is 12.8 Å². The van der Waals surface area contributed by atoms with Crippen molar-refractivity contribution < 1.29 is 14.7 Å². The van der Waals surface area contributed by atoms with Gasteiger partial charge in [-0.2, -0.15) is 0 Å². The van der Waals surface area contributed by atoms with Crippen LogP contribution in [-0.2, 0) is 4.79 Å². The van der Waals surface area contributed by atoms with E-state index in [1.807, 2.05) is 0 Å². The van der Waals surface area contributed by atoms with Gasteiger partial charge in [0.15, 0.2) is 0 Å². The van der Waals surface area contributed by atoms with Gasteiger partial charge in [0.2, 0.25) is 0 Å². The van der Waals surface area contributed by atoms with Crippen LogP contribution in [0.2, 0.25) is 5.02 Å². The molecule has 0 bridgehead atoms. The Morgan fingerprint density at radius 2 is 2.24 bits per heavy atom. The highest BCUT2D eigenvalue weighted by Gasteiger charge is 2.34. The van der Waals surface area contributed by atoms with Crippen LogP contribution in [0.15, 0.2) is 18.3 Å². The Balaban J connectivity index is 2.18. The quantitative estimate of drug-likeness (QED) is 0.882. The van der Waals surface area contributed by atoms with Gasteiger partial charge in [0.05, 0.1) is 0 Å². The summed E-state index contributed by atoms with van der Waals surface area (Å²) in [6, 6.07) is 3.04. The van der Waals surface area contributed by atoms with Crippen LogP contribution in [0, 0.1) is 0 Å². The Kier molecular flexibility index (Phi) is 3.28. The fourth-order valence-electron chi connectivity index (χ4n) is 1.57. The lowest BCUT2D eigenvalue weighted by Crippen LogP contribution is -2.37. The lowest BCUT2D eigenvalue weighted by molar-refractivity contribution is -0.137. The van der Waals surface area contributed by atoms with Gasteiger partial charge < -0.3 is 10.0 Å². The smallest absolute Gasteiger partial charge is 0.323 e. The first kappa shape index (κ1) is 11.9. The molecule has 0 radical (unpaired) electrons. The minimum atomic E-state index is -1.02. The Labute approximate surface area is 103 Å². The molecule has 0 spiro atoms. The molecule has 2 rings (SSSR count). The third-order valence-electron chi connectivity index (χ3n) is 2.50. The molecule has 90 valence electrons. The maximum absolute atomic E-state index is 12.1. The van der Waals surface area contributed by atoms with Crippen molar-refractivity contribution in [2.75, 3.05) is 6.54 Å². The topological polar surface area (TPSA) is 70.5 Å². The third-order valence-corrected chi connectivity index (χ3v) is 2.73. The Morgan fingerprint density at radius 3 is 2.76 bits per heavy atom. The Bertz CT molecular complexity index is 460. The number of carbonyl (C=O) groups is 2. The average Bonchev–Trinajstić information content (AvgIpc) is 3.08. The van der Waals surface area contributed by atoms with E-state index < -0.39 is 5.97 Å². The molecule has 1 aliphatic carbocycles. The van der Waals surface area contributed by atoms with Crippen molar-refractivity contribution in [3.8, 4) is 0 Å². The molecule has 0 unspecified atom stereocenters. The number of hydrogen-bond donors (Lipinski definition) is 1. The lowest BCUT2D eigenvalue weighted by Gasteiger charge is -2.19. The molecule has 1 aliphatic rings. The number of rotatable bonds is 4. The number of carbonyl (C=O) groups excluding carboxylic acids is 1. The predicted octanol–water partition coefficient (Wildman–Crippen LogP) is 1.42. The Morgan fingerprint density at radius 1 is 1.53 bits per heavy atom. The number of carboxylic acids is 1. The maximum Gasteiger partial charge on any atom is 0.323 e. The summed E-state index contributed by atoms with van der Waals surface area (Å²) in [4.78, 5) is 28.0. The molecular weight excluding hydrogens is 244 g/mol. The van der Waals surface area contributed by atoms with E-state index in [1.165, 1.54) is 17.2 Å². The van der Waals surface area contributed by atoms with Crippen molar-refractivity contribution in [2.45, 2.75) is 18.9 Å². The molecule has 17 heavy (non-hydrogen) atoms. The van der Waals surface area contributed by atoms with Gasteiger partial charge in [-0.1, -0.05) is 11.6 Å². The minimum absolute atomic E-state index is 0.0272. The first-order chi connectivity index (χ1) is 8.08. The highest BCUT2D eigenvalue weighted by Crippen LogP contribution is 2.28. The largest absolute Gasteiger partial charge is 0.480 e. The molecule has 0 aliphatic heterocycles. The molecule has 1 fully saturated rings. The van der Waals surface area contributed by atoms with Crippen LogP contribution in [0.3, 0.4) is 0 Å². The highest BCUT2D eigenvalue weighted by molar-refractivity contribution is 6.30. The van der Waals surface area contributed by atoms with Crippen LogP contribution in [-0.4, -0.2) is 39.5 Å². The number of amides is 1. The fraction of sp³-hybridized carbons (Fsp3) is 0.364. The molecule has 1 N–H and O–H groups in total. The van der Waals surface area contributed by atoms with Gasteiger partial charge in [-0.15, -0.1) is 0 Å². The first-order valence-electron chi connectivity index (χ1n) is 5.22. The summed E-state index contributed by atoms with van der Waals surface area (Å²) < 4.78 is 0. The summed E-state index contributed by atoms with van der Waals surface area (Å²) in [5, 5.41) is 9.18. The molecule has 5 nitrogen and oxygen atoms in total. The molecule has 0 saturated heterocycles. The van der Waals surface area contributed by atoms with Crippen LogP contribution in [0.4, 0.5) is 0 Å². The van der Waals surface area contributed by atoms with Gasteiger partial charge in [0.1, 0.15) is 12.2 Å². The molecule has 1 aromatic heterocycles. The SMILES string of the molecule is O=C(O)CN(C(=O)c1cc(Cl)ccn1)C1CC1. The molecular formula is C11H11ClN2O3. The second-order valence-electron chi connectivity index (χ2n) is 3.92. The van der Waals surface area contributed by atoms with Gasteiger partial charge in [-0.3, -0.25) is 14.6 Å². The number of nitrogens with zero attached hydrogens (tertiary/aromatic N) is 2. The van der Waals surface area contributed by atoms with E-state index in [0.29, 0.717) is 5.02 Å². The van der Waals surface area contributed by atoms with Crippen molar-refractivity contribution in [2.24, 2.45) is 0 Å². The Hall–Kier alpha value is -1.62. The van der Waals surface area contributed by atoms with E-state index >= 15 is 0 Å². The van der Waals surface area contributed by atoms with Crippen molar-refractivity contribution in [1.29, 1.82) is 0 Å². The molecule has 0 atom stereocenters. The second-order valence-corrected chi connectivity index (χ2v) is 4.35. The molecule has 1 saturated carbocycles. The zero-order valence-electron chi connectivity index (χ0n) is 8.97. The van der Waals surface area contributed by atoms with Gasteiger partial charge >= 0.3 is 5.97 Å². The van der Waals surface area contributed by atoms with Crippen LogP contribution >= 0.6 is 11.6 Å². The van der Waals surface area contributed by atoms with E-state index in [-0.39, 0.29) is 24.2 Å². The second kappa shape index (κ2) is 4.71. The van der Waals surface area contributed by atoms with Gasteiger partial charge in [-0.25, -0.2) is 0 Å². The number of carboxylic acid groups (broad SMARTS) is 1. The molecule has 1 heterocycles. The van der Waals surface area contributed by atoms with E-state index in [1.54, 1.807) is 6.07 Å². The van der Waals surface area contributed by atoms with Crippen molar-refractivity contribution >= 4 is 23.5 Å². The zero-order chi connectivity index (χ0) is 12.4. The molecule has 1 aromatic rings. The van der Waals surface area contributed by atoms with E-state index in [9.17, 15) is 9.59 Å².